The lowest BCUT2D eigenvalue weighted by atomic mass is 10.3. The predicted molar refractivity (Wildman–Crippen MR) is 87.5 cm³/mol. The van der Waals surface area contributed by atoms with Gasteiger partial charge in [-0.15, -0.1) is 6.58 Å². The average molecular weight is 313 g/mol. The van der Waals surface area contributed by atoms with Crippen LogP contribution in [0.3, 0.4) is 0 Å². The molecule has 23 heavy (non-hydrogen) atoms. The molecule has 0 aliphatic carbocycles. The molecule has 0 unspecified atom stereocenters. The van der Waals surface area contributed by atoms with Crippen LogP contribution in [-0.2, 0) is 0 Å². The number of furan rings is 1. The number of carbonyl (C=O) groups excluding carboxylic acids is 1. The molecule has 120 valence electrons. The van der Waals surface area contributed by atoms with Gasteiger partial charge in [0.2, 0.25) is 0 Å². The number of carbonyl (C=O) groups is 1. The van der Waals surface area contributed by atoms with Crippen molar-refractivity contribution < 1.29 is 9.21 Å². The van der Waals surface area contributed by atoms with Crippen molar-refractivity contribution >= 4 is 17.5 Å². The second kappa shape index (κ2) is 6.95. The molecule has 0 saturated carbocycles. The Hall–Kier alpha value is -2.83. The number of piperazine rings is 1. The average Bonchev–Trinajstić information content (AvgIpc) is 3.14. The Balaban J connectivity index is 1.60. The van der Waals surface area contributed by atoms with Gasteiger partial charge in [0.1, 0.15) is 18.0 Å². The summed E-state index contributed by atoms with van der Waals surface area (Å²) < 4.78 is 5.17. The maximum absolute atomic E-state index is 12.2. The van der Waals surface area contributed by atoms with Crippen LogP contribution in [0.5, 0.6) is 0 Å². The third-order valence-corrected chi connectivity index (χ3v) is 3.70. The van der Waals surface area contributed by atoms with Crippen molar-refractivity contribution in [3.8, 4) is 0 Å². The summed E-state index contributed by atoms with van der Waals surface area (Å²) in [7, 11) is 0. The molecule has 2 aromatic heterocycles. The minimum Gasteiger partial charge on any atom is -0.459 e. The number of aromatic nitrogens is 2. The Bertz CT molecular complexity index is 663. The molecule has 0 aromatic carbocycles. The van der Waals surface area contributed by atoms with Gasteiger partial charge in [-0.1, -0.05) is 6.08 Å². The molecule has 1 fully saturated rings. The van der Waals surface area contributed by atoms with E-state index in [0.29, 0.717) is 25.4 Å². The first kappa shape index (κ1) is 15.1. The van der Waals surface area contributed by atoms with Gasteiger partial charge in [-0.2, -0.15) is 0 Å². The summed E-state index contributed by atoms with van der Waals surface area (Å²) >= 11 is 0. The van der Waals surface area contributed by atoms with Crippen LogP contribution in [0, 0.1) is 0 Å². The first-order valence-electron chi connectivity index (χ1n) is 7.52. The van der Waals surface area contributed by atoms with Gasteiger partial charge in [-0.25, -0.2) is 9.97 Å². The molecule has 1 N–H and O–H groups in total. The zero-order chi connectivity index (χ0) is 16.1. The largest absolute Gasteiger partial charge is 0.459 e. The number of anilines is 2. The first-order valence-corrected chi connectivity index (χ1v) is 7.52. The number of hydrogen-bond donors (Lipinski definition) is 1. The third kappa shape index (κ3) is 3.50. The Labute approximate surface area is 134 Å². The van der Waals surface area contributed by atoms with Gasteiger partial charge in [0.15, 0.2) is 5.76 Å². The van der Waals surface area contributed by atoms with E-state index in [0.717, 1.165) is 24.7 Å². The molecule has 1 aliphatic rings. The predicted octanol–water partition coefficient (Wildman–Crippen LogP) is 1.63. The van der Waals surface area contributed by atoms with E-state index in [9.17, 15) is 4.79 Å². The van der Waals surface area contributed by atoms with E-state index in [2.05, 4.69) is 26.8 Å². The number of nitrogens with one attached hydrogen (secondary N) is 1. The molecule has 7 heteroatoms. The first-order chi connectivity index (χ1) is 11.3. The minimum atomic E-state index is -0.0642. The van der Waals surface area contributed by atoms with E-state index in [4.69, 9.17) is 4.42 Å². The topological polar surface area (TPSA) is 74.5 Å². The van der Waals surface area contributed by atoms with Crippen molar-refractivity contribution in [1.29, 1.82) is 0 Å². The summed E-state index contributed by atoms with van der Waals surface area (Å²) in [4.78, 5) is 24.7. The molecule has 3 heterocycles. The summed E-state index contributed by atoms with van der Waals surface area (Å²) in [6, 6.07) is 5.33. The molecule has 0 spiro atoms. The van der Waals surface area contributed by atoms with Gasteiger partial charge in [-0.05, 0) is 12.1 Å². The van der Waals surface area contributed by atoms with Gasteiger partial charge >= 0.3 is 0 Å². The van der Waals surface area contributed by atoms with Crippen molar-refractivity contribution in [2.45, 2.75) is 0 Å². The number of amides is 1. The SMILES string of the molecule is C=CCNc1cc(N2CCN(C(=O)c3ccco3)CC2)ncn1. The maximum atomic E-state index is 12.2. The lowest BCUT2D eigenvalue weighted by Gasteiger charge is -2.35. The van der Waals surface area contributed by atoms with E-state index in [1.54, 1.807) is 29.4 Å². The van der Waals surface area contributed by atoms with Crippen LogP contribution in [0.25, 0.3) is 0 Å². The summed E-state index contributed by atoms with van der Waals surface area (Å²) in [6.07, 6.45) is 4.84. The second-order valence-corrected chi connectivity index (χ2v) is 5.19. The highest BCUT2D eigenvalue weighted by atomic mass is 16.3. The number of hydrogen-bond acceptors (Lipinski definition) is 6. The summed E-state index contributed by atoms with van der Waals surface area (Å²) in [5.41, 5.74) is 0. The second-order valence-electron chi connectivity index (χ2n) is 5.19. The molecule has 1 aliphatic heterocycles. The van der Waals surface area contributed by atoms with E-state index in [1.165, 1.54) is 6.26 Å². The Morgan fingerprint density at radius 3 is 2.87 bits per heavy atom. The molecule has 1 amide bonds. The molecule has 7 nitrogen and oxygen atoms in total. The van der Waals surface area contributed by atoms with Gasteiger partial charge in [0, 0.05) is 38.8 Å². The Kier molecular flexibility index (Phi) is 4.56. The van der Waals surface area contributed by atoms with Crippen molar-refractivity contribution in [3.63, 3.8) is 0 Å². The molecule has 3 rings (SSSR count). The monoisotopic (exact) mass is 313 g/mol. The molecular weight excluding hydrogens is 294 g/mol. The van der Waals surface area contributed by atoms with Crippen molar-refractivity contribution in [3.05, 3.63) is 49.2 Å². The highest BCUT2D eigenvalue weighted by Crippen LogP contribution is 2.17. The molecule has 1 saturated heterocycles. The third-order valence-electron chi connectivity index (χ3n) is 3.70. The van der Waals surface area contributed by atoms with E-state index < -0.39 is 0 Å². The molecule has 0 radical (unpaired) electrons. The van der Waals surface area contributed by atoms with E-state index in [-0.39, 0.29) is 5.91 Å². The quantitative estimate of drug-likeness (QED) is 0.846. The van der Waals surface area contributed by atoms with Crippen LogP contribution in [0.15, 0.2) is 47.9 Å². The normalized spacial score (nSPS) is 14.6. The van der Waals surface area contributed by atoms with Gasteiger partial charge in [-0.3, -0.25) is 4.79 Å². The number of nitrogens with zero attached hydrogens (tertiary/aromatic N) is 4. The fourth-order valence-electron chi connectivity index (χ4n) is 2.49. The van der Waals surface area contributed by atoms with Gasteiger partial charge in [0.25, 0.3) is 5.91 Å². The number of rotatable bonds is 5. The standard InChI is InChI=1S/C16H19N5O2/c1-2-5-17-14-11-15(19-12-18-14)20-6-8-21(9-7-20)16(22)13-4-3-10-23-13/h2-4,10-12H,1,5-9H2,(H,17,18,19). The minimum absolute atomic E-state index is 0.0642. The van der Waals surface area contributed by atoms with Crippen LogP contribution in [0.2, 0.25) is 0 Å². The fourth-order valence-corrected chi connectivity index (χ4v) is 2.49. The van der Waals surface area contributed by atoms with Crippen molar-refractivity contribution in [2.75, 3.05) is 42.9 Å². The van der Waals surface area contributed by atoms with Crippen LogP contribution in [0.1, 0.15) is 10.6 Å². The Morgan fingerprint density at radius 2 is 2.17 bits per heavy atom. The van der Waals surface area contributed by atoms with Crippen LogP contribution < -0.4 is 10.2 Å². The highest BCUT2D eigenvalue weighted by Gasteiger charge is 2.24. The van der Waals surface area contributed by atoms with Crippen LogP contribution in [0.4, 0.5) is 11.6 Å². The van der Waals surface area contributed by atoms with E-state index in [1.807, 2.05) is 6.07 Å². The summed E-state index contributed by atoms with van der Waals surface area (Å²) in [5.74, 6) is 1.95. The smallest absolute Gasteiger partial charge is 0.289 e. The highest BCUT2D eigenvalue weighted by molar-refractivity contribution is 5.91. The van der Waals surface area contributed by atoms with Crippen molar-refractivity contribution in [1.82, 2.24) is 14.9 Å². The van der Waals surface area contributed by atoms with Crippen LogP contribution in [-0.4, -0.2) is 53.5 Å². The zero-order valence-electron chi connectivity index (χ0n) is 12.8. The molecule has 0 bridgehead atoms. The summed E-state index contributed by atoms with van der Waals surface area (Å²) in [6.45, 7) is 7.06. The summed E-state index contributed by atoms with van der Waals surface area (Å²) in [5, 5.41) is 3.15. The maximum Gasteiger partial charge on any atom is 0.289 e. The fraction of sp³-hybridized carbons (Fsp3) is 0.312. The zero-order valence-corrected chi connectivity index (χ0v) is 12.8. The lowest BCUT2D eigenvalue weighted by Crippen LogP contribution is -2.49. The van der Waals surface area contributed by atoms with Crippen LogP contribution >= 0.6 is 0 Å². The van der Waals surface area contributed by atoms with Crippen molar-refractivity contribution in [2.24, 2.45) is 0 Å². The van der Waals surface area contributed by atoms with Gasteiger partial charge < -0.3 is 19.5 Å². The molecular formula is C16H19N5O2. The molecule has 2 aromatic rings. The lowest BCUT2D eigenvalue weighted by molar-refractivity contribution is 0.0714. The van der Waals surface area contributed by atoms with Gasteiger partial charge in [0.05, 0.1) is 6.26 Å². The molecule has 0 atom stereocenters. The van der Waals surface area contributed by atoms with E-state index >= 15 is 0 Å². The Morgan fingerprint density at radius 1 is 1.35 bits per heavy atom.